The van der Waals surface area contributed by atoms with E-state index in [-0.39, 0.29) is 44.5 Å². The lowest BCUT2D eigenvalue weighted by Crippen LogP contribution is -2.51. The van der Waals surface area contributed by atoms with Crippen molar-refractivity contribution in [2.45, 2.75) is 57.2 Å². The number of amides is 1. The van der Waals surface area contributed by atoms with Crippen LogP contribution >= 0.6 is 0 Å². The Kier molecular flexibility index (Phi) is 5.22. The lowest BCUT2D eigenvalue weighted by atomic mass is 9.88. The number of carbonyl (C=O) groups excluding carboxylic acids is 1. The molecule has 2 atom stereocenters. The van der Waals surface area contributed by atoms with Crippen molar-refractivity contribution in [2.75, 3.05) is 19.7 Å². The molecular weight excluding hydrogens is 274 g/mol. The van der Waals surface area contributed by atoms with Gasteiger partial charge in [0, 0.05) is 25.9 Å². The molecule has 120 valence electrons. The van der Waals surface area contributed by atoms with Gasteiger partial charge in [-0.25, -0.2) is 4.79 Å². The Balaban J connectivity index is 1.76. The summed E-state index contributed by atoms with van der Waals surface area (Å²) in [4.78, 5) is 24.6. The van der Waals surface area contributed by atoms with Crippen LogP contribution in [0, 0.1) is 5.92 Å². The van der Waals surface area contributed by atoms with Crippen LogP contribution in [0.4, 0.5) is 0 Å². The fraction of sp³-hybridized carbons (Fsp3) is 0.867. The first kappa shape index (κ1) is 16.2. The summed E-state index contributed by atoms with van der Waals surface area (Å²) in [7, 11) is 0. The van der Waals surface area contributed by atoms with E-state index in [1.54, 1.807) is 4.90 Å². The smallest absolute Gasteiger partial charge is 0.335 e. The topological polar surface area (TPSA) is 87.1 Å². The Morgan fingerprint density at radius 3 is 2.43 bits per heavy atom. The van der Waals surface area contributed by atoms with Gasteiger partial charge < -0.3 is 19.8 Å². The Bertz CT molecular complexity index is 390. The van der Waals surface area contributed by atoms with Crippen LogP contribution in [0.2, 0.25) is 0 Å². The minimum absolute atomic E-state index is 0.0561. The van der Waals surface area contributed by atoms with Gasteiger partial charge >= 0.3 is 5.97 Å². The van der Waals surface area contributed by atoms with Gasteiger partial charge in [-0.3, -0.25) is 4.79 Å². The molecule has 1 amide bonds. The number of hydrogen-bond donors (Lipinski definition) is 2. The lowest BCUT2D eigenvalue weighted by Gasteiger charge is -2.36. The van der Waals surface area contributed by atoms with E-state index in [1.807, 2.05) is 0 Å². The molecule has 0 aromatic heterocycles. The molecule has 1 heterocycles. The van der Waals surface area contributed by atoms with Gasteiger partial charge in [-0.1, -0.05) is 19.8 Å². The average molecular weight is 299 g/mol. The number of ether oxygens (including phenoxy) is 1. The molecule has 2 unspecified atom stereocenters. The number of aliphatic hydroxyl groups is 1. The molecule has 21 heavy (non-hydrogen) atoms. The third-order valence-electron chi connectivity index (χ3n) is 4.80. The quantitative estimate of drug-likeness (QED) is 0.809. The molecule has 0 aromatic rings. The molecule has 2 fully saturated rings. The maximum Gasteiger partial charge on any atom is 0.335 e. The second-order valence-electron chi connectivity index (χ2n) is 6.33. The molecule has 2 N–H and O–H groups in total. The van der Waals surface area contributed by atoms with Crippen LogP contribution in [0.15, 0.2) is 0 Å². The van der Waals surface area contributed by atoms with E-state index in [9.17, 15) is 14.7 Å². The number of piperidine rings is 1. The van der Waals surface area contributed by atoms with Gasteiger partial charge in [0.25, 0.3) is 0 Å². The van der Waals surface area contributed by atoms with Crippen LogP contribution in [-0.4, -0.2) is 58.4 Å². The first-order valence-electron chi connectivity index (χ1n) is 7.77. The maximum absolute atomic E-state index is 12.1. The van der Waals surface area contributed by atoms with E-state index in [1.165, 1.54) is 6.42 Å². The molecule has 1 saturated carbocycles. The highest BCUT2D eigenvalue weighted by Gasteiger charge is 2.40. The molecular formula is C15H25NO5. The van der Waals surface area contributed by atoms with E-state index < -0.39 is 11.6 Å². The summed E-state index contributed by atoms with van der Waals surface area (Å²) >= 11 is 0. The first-order valence-corrected chi connectivity index (χ1v) is 7.77. The van der Waals surface area contributed by atoms with Gasteiger partial charge in [0.1, 0.15) is 6.61 Å². The normalized spacial score (nSPS) is 29.1. The molecule has 0 aromatic carbocycles. The minimum atomic E-state index is -1.68. The maximum atomic E-state index is 12.1. The van der Waals surface area contributed by atoms with Gasteiger partial charge in [0.15, 0.2) is 5.60 Å². The van der Waals surface area contributed by atoms with Crippen LogP contribution in [0.25, 0.3) is 0 Å². The van der Waals surface area contributed by atoms with Crippen LogP contribution in [0.5, 0.6) is 0 Å². The van der Waals surface area contributed by atoms with Gasteiger partial charge in [-0.2, -0.15) is 0 Å². The molecule has 1 aliphatic heterocycles. The van der Waals surface area contributed by atoms with Crippen LogP contribution in [0.1, 0.15) is 45.4 Å². The van der Waals surface area contributed by atoms with E-state index in [2.05, 4.69) is 6.92 Å². The molecule has 2 rings (SSSR count). The van der Waals surface area contributed by atoms with Crippen molar-refractivity contribution < 1.29 is 24.5 Å². The largest absolute Gasteiger partial charge is 0.479 e. The van der Waals surface area contributed by atoms with Gasteiger partial charge in [0.2, 0.25) is 5.91 Å². The van der Waals surface area contributed by atoms with Gasteiger partial charge in [0.05, 0.1) is 6.10 Å². The summed E-state index contributed by atoms with van der Waals surface area (Å²) in [6.45, 7) is 2.75. The van der Waals surface area contributed by atoms with E-state index >= 15 is 0 Å². The Morgan fingerprint density at radius 1 is 1.24 bits per heavy atom. The van der Waals surface area contributed by atoms with Crippen LogP contribution in [-0.2, 0) is 14.3 Å². The molecule has 6 heteroatoms. The highest BCUT2D eigenvalue weighted by atomic mass is 16.5. The number of likely N-dealkylation sites (tertiary alicyclic amines) is 1. The summed E-state index contributed by atoms with van der Waals surface area (Å²) < 4.78 is 5.74. The number of aliphatic carboxylic acids is 1. The number of carboxylic acid groups (broad SMARTS) is 1. The molecule has 6 nitrogen and oxygen atoms in total. The summed E-state index contributed by atoms with van der Waals surface area (Å²) in [5, 5.41) is 18.8. The standard InChI is InChI=1S/C15H25NO5/c1-11-4-2-3-5-12(11)21-10-13(17)16-8-6-15(20,7-9-16)14(18)19/h11-12,20H,2-10H2,1H3,(H,18,19). The number of hydrogen-bond acceptors (Lipinski definition) is 4. The van der Waals surface area contributed by atoms with Crippen molar-refractivity contribution in [1.29, 1.82) is 0 Å². The summed E-state index contributed by atoms with van der Waals surface area (Å²) in [5.74, 6) is -0.827. The van der Waals surface area contributed by atoms with Crippen molar-refractivity contribution in [3.05, 3.63) is 0 Å². The fourth-order valence-electron chi connectivity index (χ4n) is 3.14. The number of carbonyl (C=O) groups is 2. The highest BCUT2D eigenvalue weighted by Crippen LogP contribution is 2.27. The zero-order valence-electron chi connectivity index (χ0n) is 12.6. The second-order valence-corrected chi connectivity index (χ2v) is 6.33. The highest BCUT2D eigenvalue weighted by molar-refractivity contribution is 5.80. The Hall–Kier alpha value is -1.14. The third-order valence-corrected chi connectivity index (χ3v) is 4.80. The number of nitrogens with zero attached hydrogens (tertiary/aromatic N) is 1. The summed E-state index contributed by atoms with van der Waals surface area (Å²) in [6, 6.07) is 0. The fourth-order valence-corrected chi connectivity index (χ4v) is 3.14. The lowest BCUT2D eigenvalue weighted by molar-refractivity contribution is -0.166. The van der Waals surface area contributed by atoms with Crippen LogP contribution in [0.3, 0.4) is 0 Å². The Labute approximate surface area is 125 Å². The minimum Gasteiger partial charge on any atom is -0.479 e. The molecule has 1 saturated heterocycles. The van der Waals surface area contributed by atoms with Crippen molar-refractivity contribution in [2.24, 2.45) is 5.92 Å². The van der Waals surface area contributed by atoms with Crippen molar-refractivity contribution in [3.8, 4) is 0 Å². The zero-order chi connectivity index (χ0) is 15.5. The van der Waals surface area contributed by atoms with Gasteiger partial charge in [-0.05, 0) is 18.8 Å². The zero-order valence-corrected chi connectivity index (χ0v) is 12.6. The van der Waals surface area contributed by atoms with Crippen molar-refractivity contribution in [1.82, 2.24) is 4.90 Å². The van der Waals surface area contributed by atoms with Crippen molar-refractivity contribution >= 4 is 11.9 Å². The molecule has 2 aliphatic rings. The summed E-state index contributed by atoms with van der Waals surface area (Å²) in [5.41, 5.74) is -1.68. The molecule has 0 radical (unpaired) electrons. The van der Waals surface area contributed by atoms with Crippen molar-refractivity contribution in [3.63, 3.8) is 0 Å². The average Bonchev–Trinajstić information content (AvgIpc) is 2.46. The predicted octanol–water partition coefficient (Wildman–Crippen LogP) is 1.02. The summed E-state index contributed by atoms with van der Waals surface area (Å²) in [6.07, 6.45) is 4.85. The van der Waals surface area contributed by atoms with E-state index in [4.69, 9.17) is 9.84 Å². The third kappa shape index (κ3) is 3.95. The van der Waals surface area contributed by atoms with Gasteiger partial charge in [-0.15, -0.1) is 0 Å². The monoisotopic (exact) mass is 299 g/mol. The van der Waals surface area contributed by atoms with E-state index in [0.29, 0.717) is 5.92 Å². The van der Waals surface area contributed by atoms with Crippen LogP contribution < -0.4 is 0 Å². The second kappa shape index (κ2) is 6.75. The molecule has 0 bridgehead atoms. The number of carboxylic acids is 1. The Morgan fingerprint density at radius 2 is 1.86 bits per heavy atom. The first-order chi connectivity index (χ1) is 9.92. The predicted molar refractivity (Wildman–Crippen MR) is 75.8 cm³/mol. The number of rotatable bonds is 4. The molecule has 1 aliphatic carbocycles. The molecule has 0 spiro atoms. The SMILES string of the molecule is CC1CCCCC1OCC(=O)N1CCC(O)(C(=O)O)CC1. The van der Waals surface area contributed by atoms with E-state index in [0.717, 1.165) is 19.3 Å².